The van der Waals surface area contributed by atoms with Crippen molar-refractivity contribution >= 4 is 32.7 Å². The van der Waals surface area contributed by atoms with Crippen LogP contribution in [0.5, 0.6) is 0 Å². The molecule has 0 bridgehead atoms. The van der Waals surface area contributed by atoms with Gasteiger partial charge in [-0.25, -0.2) is 9.78 Å². The molecule has 3 rings (SSSR count). The van der Waals surface area contributed by atoms with E-state index in [1.165, 1.54) is 11.3 Å². The number of aryl methyl sites for hydroxylation is 1. The number of nitrogens with one attached hydrogen (secondary N) is 2. The standard InChI is InChI=1S/C20H24N4O2S/c1-13(2)26-8-4-7-22-19(25)24-20-23-17-6-5-15(10-18(17)27-20)16-9-14(3)11-21-12-16/h5-6,9-13H,4,7-8H2,1-3H3,(H2,22,23,24,25). The maximum Gasteiger partial charge on any atom is 0.321 e. The lowest BCUT2D eigenvalue weighted by Gasteiger charge is -2.08. The molecule has 0 fully saturated rings. The van der Waals surface area contributed by atoms with Gasteiger partial charge in [0.2, 0.25) is 0 Å². The van der Waals surface area contributed by atoms with Crippen LogP contribution in [-0.2, 0) is 4.74 Å². The monoisotopic (exact) mass is 384 g/mol. The number of benzene rings is 1. The van der Waals surface area contributed by atoms with Crippen LogP contribution in [0.3, 0.4) is 0 Å². The van der Waals surface area contributed by atoms with Crippen molar-refractivity contribution in [2.75, 3.05) is 18.5 Å². The van der Waals surface area contributed by atoms with Gasteiger partial charge in [0.25, 0.3) is 0 Å². The van der Waals surface area contributed by atoms with Crippen LogP contribution in [0.1, 0.15) is 25.8 Å². The second-order valence-corrected chi connectivity index (χ2v) is 7.64. The number of rotatable bonds is 7. The number of aromatic nitrogens is 2. The number of hydrogen-bond acceptors (Lipinski definition) is 5. The van der Waals surface area contributed by atoms with Gasteiger partial charge in [-0.15, -0.1) is 0 Å². The molecule has 7 heteroatoms. The summed E-state index contributed by atoms with van der Waals surface area (Å²) in [6.45, 7) is 7.21. The summed E-state index contributed by atoms with van der Waals surface area (Å²) in [5, 5.41) is 6.21. The van der Waals surface area contributed by atoms with Crippen molar-refractivity contribution < 1.29 is 9.53 Å². The molecular weight excluding hydrogens is 360 g/mol. The Bertz CT molecular complexity index is 923. The van der Waals surface area contributed by atoms with Gasteiger partial charge in [0, 0.05) is 31.1 Å². The maximum absolute atomic E-state index is 12.0. The van der Waals surface area contributed by atoms with Gasteiger partial charge in [0.15, 0.2) is 5.13 Å². The molecular formula is C20H24N4O2S. The van der Waals surface area contributed by atoms with Gasteiger partial charge in [0.1, 0.15) is 0 Å². The average molecular weight is 385 g/mol. The van der Waals surface area contributed by atoms with Crippen LogP contribution in [0.4, 0.5) is 9.93 Å². The highest BCUT2D eigenvalue weighted by atomic mass is 32.1. The second kappa shape index (κ2) is 8.92. The van der Waals surface area contributed by atoms with Crippen molar-refractivity contribution in [3.63, 3.8) is 0 Å². The molecule has 0 aliphatic carbocycles. The highest BCUT2D eigenvalue weighted by Gasteiger charge is 2.09. The number of carbonyl (C=O) groups excluding carboxylic acids is 1. The van der Waals surface area contributed by atoms with E-state index in [2.05, 4.69) is 32.7 Å². The molecule has 2 amide bonds. The third-order valence-corrected chi connectivity index (χ3v) is 4.81. The van der Waals surface area contributed by atoms with Gasteiger partial charge < -0.3 is 10.1 Å². The van der Waals surface area contributed by atoms with Crippen LogP contribution >= 0.6 is 11.3 Å². The maximum atomic E-state index is 12.0. The van der Waals surface area contributed by atoms with E-state index in [1.807, 2.05) is 45.3 Å². The number of fused-ring (bicyclic) bond motifs is 1. The lowest BCUT2D eigenvalue weighted by Crippen LogP contribution is -2.30. The summed E-state index contributed by atoms with van der Waals surface area (Å²) in [5.74, 6) is 0. The smallest absolute Gasteiger partial charge is 0.321 e. The van der Waals surface area contributed by atoms with Gasteiger partial charge >= 0.3 is 6.03 Å². The quantitative estimate of drug-likeness (QED) is 0.584. The number of pyridine rings is 1. The van der Waals surface area contributed by atoms with Gasteiger partial charge in [-0.2, -0.15) is 0 Å². The van der Waals surface area contributed by atoms with E-state index in [0.29, 0.717) is 18.3 Å². The lowest BCUT2D eigenvalue weighted by atomic mass is 10.1. The van der Waals surface area contributed by atoms with Crippen molar-refractivity contribution in [3.8, 4) is 11.1 Å². The summed E-state index contributed by atoms with van der Waals surface area (Å²) in [6.07, 6.45) is 4.68. The molecule has 1 aromatic carbocycles. The van der Waals surface area contributed by atoms with E-state index < -0.39 is 0 Å². The summed E-state index contributed by atoms with van der Waals surface area (Å²) < 4.78 is 6.47. The van der Waals surface area contributed by atoms with E-state index in [1.54, 1.807) is 0 Å². The Kier molecular flexibility index (Phi) is 6.36. The molecule has 2 heterocycles. The number of amides is 2. The first kappa shape index (κ1) is 19.3. The molecule has 2 N–H and O–H groups in total. The largest absolute Gasteiger partial charge is 0.379 e. The van der Waals surface area contributed by atoms with Crippen LogP contribution < -0.4 is 10.6 Å². The first-order valence-electron chi connectivity index (χ1n) is 9.00. The van der Waals surface area contributed by atoms with Gasteiger partial charge in [0.05, 0.1) is 16.3 Å². The molecule has 0 saturated carbocycles. The third kappa shape index (κ3) is 5.48. The molecule has 0 radical (unpaired) electrons. The summed E-state index contributed by atoms with van der Waals surface area (Å²) in [5.41, 5.74) is 4.14. The Hall–Kier alpha value is -2.51. The highest BCUT2D eigenvalue weighted by Crippen LogP contribution is 2.30. The molecule has 3 aromatic rings. The van der Waals surface area contributed by atoms with E-state index in [4.69, 9.17) is 4.74 Å². The van der Waals surface area contributed by atoms with Crippen LogP contribution in [0.15, 0.2) is 36.7 Å². The summed E-state index contributed by atoms with van der Waals surface area (Å²) >= 11 is 1.46. The van der Waals surface area contributed by atoms with Gasteiger partial charge in [-0.05, 0) is 56.5 Å². The summed E-state index contributed by atoms with van der Waals surface area (Å²) in [4.78, 5) is 20.7. The van der Waals surface area contributed by atoms with E-state index >= 15 is 0 Å². The number of anilines is 1. The number of thiazole rings is 1. The number of ether oxygens (including phenoxy) is 1. The Morgan fingerprint density at radius 1 is 1.22 bits per heavy atom. The van der Waals surface area contributed by atoms with Crippen molar-refractivity contribution in [3.05, 3.63) is 42.2 Å². The minimum absolute atomic E-state index is 0.210. The molecule has 0 unspecified atom stereocenters. The minimum Gasteiger partial charge on any atom is -0.379 e. The van der Waals surface area contributed by atoms with E-state index in [-0.39, 0.29) is 12.1 Å². The molecule has 0 atom stereocenters. The highest BCUT2D eigenvalue weighted by molar-refractivity contribution is 7.22. The molecule has 0 spiro atoms. The van der Waals surface area contributed by atoms with E-state index in [0.717, 1.165) is 33.3 Å². The molecule has 6 nitrogen and oxygen atoms in total. The van der Waals surface area contributed by atoms with Crippen molar-refractivity contribution in [1.82, 2.24) is 15.3 Å². The Morgan fingerprint density at radius 3 is 2.85 bits per heavy atom. The summed E-state index contributed by atoms with van der Waals surface area (Å²) in [6, 6.07) is 7.93. The summed E-state index contributed by atoms with van der Waals surface area (Å²) in [7, 11) is 0. The number of urea groups is 1. The van der Waals surface area contributed by atoms with Crippen molar-refractivity contribution in [1.29, 1.82) is 0 Å². The van der Waals surface area contributed by atoms with Crippen LogP contribution in [0, 0.1) is 6.92 Å². The molecule has 0 saturated heterocycles. The van der Waals surface area contributed by atoms with Gasteiger partial charge in [-0.3, -0.25) is 10.3 Å². The molecule has 0 aliphatic heterocycles. The predicted molar refractivity (Wildman–Crippen MR) is 110 cm³/mol. The fourth-order valence-corrected chi connectivity index (χ4v) is 3.51. The zero-order valence-electron chi connectivity index (χ0n) is 15.8. The number of carbonyl (C=O) groups is 1. The molecule has 27 heavy (non-hydrogen) atoms. The van der Waals surface area contributed by atoms with Crippen LogP contribution in [0.25, 0.3) is 21.3 Å². The Morgan fingerprint density at radius 2 is 2.07 bits per heavy atom. The van der Waals surface area contributed by atoms with Crippen LogP contribution in [-0.4, -0.2) is 35.3 Å². The average Bonchev–Trinajstić information content (AvgIpc) is 3.02. The molecule has 2 aromatic heterocycles. The third-order valence-electron chi connectivity index (χ3n) is 3.88. The second-order valence-electron chi connectivity index (χ2n) is 6.61. The van der Waals surface area contributed by atoms with Crippen LogP contribution in [0.2, 0.25) is 0 Å². The number of hydrogen-bond donors (Lipinski definition) is 2. The normalized spacial score (nSPS) is 11.1. The molecule has 142 valence electrons. The van der Waals surface area contributed by atoms with Crippen molar-refractivity contribution in [2.24, 2.45) is 0 Å². The zero-order chi connectivity index (χ0) is 19.2. The first-order valence-corrected chi connectivity index (χ1v) is 9.82. The van der Waals surface area contributed by atoms with Crippen molar-refractivity contribution in [2.45, 2.75) is 33.3 Å². The Balaban J connectivity index is 1.60. The fourth-order valence-electron chi connectivity index (χ4n) is 2.60. The lowest BCUT2D eigenvalue weighted by molar-refractivity contribution is 0.0775. The zero-order valence-corrected chi connectivity index (χ0v) is 16.6. The Labute approximate surface area is 163 Å². The number of nitrogens with zero attached hydrogens (tertiary/aromatic N) is 2. The molecule has 0 aliphatic rings. The minimum atomic E-state index is -0.248. The topological polar surface area (TPSA) is 76.1 Å². The predicted octanol–water partition coefficient (Wildman–Crippen LogP) is 4.60. The van der Waals surface area contributed by atoms with E-state index in [9.17, 15) is 4.79 Å². The SMILES string of the molecule is Cc1cncc(-c2ccc3nc(NC(=O)NCCCOC(C)C)sc3c2)c1. The fraction of sp³-hybridized carbons (Fsp3) is 0.350. The van der Waals surface area contributed by atoms with Gasteiger partial charge in [-0.1, -0.05) is 17.4 Å². The first-order chi connectivity index (χ1) is 13.0.